The van der Waals surface area contributed by atoms with Gasteiger partial charge in [-0.05, 0) is 44.2 Å². The van der Waals surface area contributed by atoms with Crippen LogP contribution in [0.1, 0.15) is 31.4 Å². The van der Waals surface area contributed by atoms with Gasteiger partial charge in [0.05, 0.1) is 13.2 Å². The Morgan fingerprint density at radius 1 is 1.19 bits per heavy atom. The highest BCUT2D eigenvalue weighted by atomic mass is 16.5. The standard InChI is InChI=1S/C18H28N2O/c1-18(2,20-9-11-21-12-10-20)14-19-17-8-7-15-5-3-4-6-16(15)13-17/h3-6,17,19H,7-14H2,1-2H3. The fraction of sp³-hybridized carbons (Fsp3) is 0.667. The summed E-state index contributed by atoms with van der Waals surface area (Å²) < 4.78 is 5.47. The van der Waals surface area contributed by atoms with Crippen LogP contribution in [0, 0.1) is 0 Å². The van der Waals surface area contributed by atoms with Crippen molar-refractivity contribution in [2.24, 2.45) is 0 Å². The average molecular weight is 288 g/mol. The quantitative estimate of drug-likeness (QED) is 0.919. The second-order valence-corrected chi connectivity index (χ2v) is 7.00. The Labute approximate surface area is 128 Å². The first-order valence-corrected chi connectivity index (χ1v) is 8.28. The molecule has 1 aromatic rings. The Balaban J connectivity index is 1.53. The first kappa shape index (κ1) is 15.0. The second-order valence-electron chi connectivity index (χ2n) is 7.00. The van der Waals surface area contributed by atoms with Gasteiger partial charge in [-0.2, -0.15) is 0 Å². The number of hydrogen-bond donors (Lipinski definition) is 1. The highest BCUT2D eigenvalue weighted by molar-refractivity contribution is 5.30. The minimum absolute atomic E-state index is 0.209. The van der Waals surface area contributed by atoms with Crippen molar-refractivity contribution in [1.29, 1.82) is 0 Å². The van der Waals surface area contributed by atoms with Crippen LogP contribution in [0.4, 0.5) is 0 Å². The minimum atomic E-state index is 0.209. The molecule has 3 heteroatoms. The number of fused-ring (bicyclic) bond motifs is 1. The van der Waals surface area contributed by atoms with E-state index in [1.165, 1.54) is 24.8 Å². The number of aryl methyl sites for hydroxylation is 1. The van der Waals surface area contributed by atoms with E-state index < -0.39 is 0 Å². The van der Waals surface area contributed by atoms with Gasteiger partial charge in [-0.1, -0.05) is 24.3 Å². The largest absolute Gasteiger partial charge is 0.379 e. The van der Waals surface area contributed by atoms with E-state index in [1.807, 2.05) is 0 Å². The molecule has 1 saturated heterocycles. The van der Waals surface area contributed by atoms with Crippen molar-refractivity contribution in [3.8, 4) is 0 Å². The smallest absolute Gasteiger partial charge is 0.0594 e. The molecular formula is C18H28N2O. The molecule has 3 rings (SSSR count). The van der Waals surface area contributed by atoms with Crippen LogP contribution < -0.4 is 5.32 Å². The van der Waals surface area contributed by atoms with Crippen LogP contribution in [-0.4, -0.2) is 49.3 Å². The molecule has 1 aliphatic carbocycles. The molecule has 3 nitrogen and oxygen atoms in total. The Morgan fingerprint density at radius 3 is 2.67 bits per heavy atom. The molecule has 1 fully saturated rings. The topological polar surface area (TPSA) is 24.5 Å². The number of nitrogens with zero attached hydrogens (tertiary/aromatic N) is 1. The van der Waals surface area contributed by atoms with E-state index in [2.05, 4.69) is 48.3 Å². The molecule has 0 bridgehead atoms. The van der Waals surface area contributed by atoms with E-state index in [9.17, 15) is 0 Å². The fourth-order valence-electron chi connectivity index (χ4n) is 3.55. The average Bonchev–Trinajstić information content (AvgIpc) is 2.54. The van der Waals surface area contributed by atoms with E-state index in [4.69, 9.17) is 4.74 Å². The number of nitrogens with one attached hydrogen (secondary N) is 1. The Morgan fingerprint density at radius 2 is 1.90 bits per heavy atom. The summed E-state index contributed by atoms with van der Waals surface area (Å²) >= 11 is 0. The third-order valence-electron chi connectivity index (χ3n) is 5.04. The highest BCUT2D eigenvalue weighted by Crippen LogP contribution is 2.22. The van der Waals surface area contributed by atoms with Gasteiger partial charge in [0.2, 0.25) is 0 Å². The lowest BCUT2D eigenvalue weighted by molar-refractivity contribution is -0.0104. The highest BCUT2D eigenvalue weighted by Gasteiger charge is 2.29. The molecule has 1 atom stereocenters. The summed E-state index contributed by atoms with van der Waals surface area (Å²) in [5, 5.41) is 3.82. The van der Waals surface area contributed by atoms with Gasteiger partial charge < -0.3 is 10.1 Å². The predicted molar refractivity (Wildman–Crippen MR) is 86.7 cm³/mol. The summed E-state index contributed by atoms with van der Waals surface area (Å²) in [6.45, 7) is 9.62. The van der Waals surface area contributed by atoms with E-state index in [1.54, 1.807) is 5.56 Å². The van der Waals surface area contributed by atoms with Gasteiger partial charge in [0.15, 0.2) is 0 Å². The van der Waals surface area contributed by atoms with Crippen LogP contribution in [0.15, 0.2) is 24.3 Å². The molecule has 1 unspecified atom stereocenters. The van der Waals surface area contributed by atoms with Gasteiger partial charge in [-0.3, -0.25) is 4.90 Å². The molecular weight excluding hydrogens is 260 g/mol. The third kappa shape index (κ3) is 3.65. The Kier molecular flexibility index (Phi) is 4.63. The molecule has 1 aromatic carbocycles. The SMILES string of the molecule is CC(C)(CNC1CCc2ccccc2C1)N1CCOCC1. The normalized spacial score (nSPS) is 23.8. The van der Waals surface area contributed by atoms with Gasteiger partial charge in [0.1, 0.15) is 0 Å². The van der Waals surface area contributed by atoms with Crippen LogP contribution in [0.25, 0.3) is 0 Å². The van der Waals surface area contributed by atoms with Gasteiger partial charge in [0.25, 0.3) is 0 Å². The van der Waals surface area contributed by atoms with Crippen molar-refractivity contribution in [2.75, 3.05) is 32.8 Å². The van der Waals surface area contributed by atoms with E-state index in [0.717, 1.165) is 32.8 Å². The maximum absolute atomic E-state index is 5.47. The Bertz CT molecular complexity index is 466. The first-order chi connectivity index (χ1) is 10.1. The van der Waals surface area contributed by atoms with E-state index in [0.29, 0.717) is 6.04 Å². The molecule has 0 amide bonds. The number of rotatable bonds is 4. The number of ether oxygens (including phenoxy) is 1. The first-order valence-electron chi connectivity index (χ1n) is 8.28. The molecule has 1 N–H and O–H groups in total. The maximum atomic E-state index is 5.47. The molecule has 1 heterocycles. The lowest BCUT2D eigenvalue weighted by atomic mass is 9.88. The Hall–Kier alpha value is -0.900. The molecule has 1 aliphatic heterocycles. The molecule has 0 aromatic heterocycles. The molecule has 21 heavy (non-hydrogen) atoms. The summed E-state index contributed by atoms with van der Waals surface area (Å²) in [6, 6.07) is 9.52. The summed E-state index contributed by atoms with van der Waals surface area (Å²) in [5.41, 5.74) is 3.29. The number of benzene rings is 1. The van der Waals surface area contributed by atoms with Crippen molar-refractivity contribution in [3.05, 3.63) is 35.4 Å². The lowest BCUT2D eigenvalue weighted by Crippen LogP contribution is -2.56. The van der Waals surface area contributed by atoms with Crippen LogP contribution in [0.2, 0.25) is 0 Å². The van der Waals surface area contributed by atoms with Crippen LogP contribution in [0.5, 0.6) is 0 Å². The summed E-state index contributed by atoms with van der Waals surface area (Å²) in [7, 11) is 0. The zero-order valence-electron chi connectivity index (χ0n) is 13.4. The fourth-order valence-corrected chi connectivity index (χ4v) is 3.55. The van der Waals surface area contributed by atoms with Gasteiger partial charge in [-0.25, -0.2) is 0 Å². The van der Waals surface area contributed by atoms with Crippen molar-refractivity contribution >= 4 is 0 Å². The van der Waals surface area contributed by atoms with Crippen LogP contribution in [-0.2, 0) is 17.6 Å². The van der Waals surface area contributed by atoms with Crippen molar-refractivity contribution in [3.63, 3.8) is 0 Å². The number of morpholine rings is 1. The van der Waals surface area contributed by atoms with Gasteiger partial charge >= 0.3 is 0 Å². The zero-order chi connectivity index (χ0) is 14.7. The zero-order valence-corrected chi connectivity index (χ0v) is 13.4. The van der Waals surface area contributed by atoms with Gasteiger partial charge in [-0.15, -0.1) is 0 Å². The van der Waals surface area contributed by atoms with E-state index >= 15 is 0 Å². The molecule has 0 saturated carbocycles. The summed E-state index contributed by atoms with van der Waals surface area (Å²) in [6.07, 6.45) is 3.65. The predicted octanol–water partition coefficient (Wildman–Crippen LogP) is 2.24. The maximum Gasteiger partial charge on any atom is 0.0594 e. The van der Waals surface area contributed by atoms with Gasteiger partial charge in [0, 0.05) is 31.2 Å². The van der Waals surface area contributed by atoms with Crippen molar-refractivity contribution in [1.82, 2.24) is 10.2 Å². The number of hydrogen-bond acceptors (Lipinski definition) is 3. The monoisotopic (exact) mass is 288 g/mol. The second kappa shape index (κ2) is 6.47. The van der Waals surface area contributed by atoms with Crippen molar-refractivity contribution in [2.45, 2.75) is 44.7 Å². The third-order valence-corrected chi connectivity index (χ3v) is 5.04. The van der Waals surface area contributed by atoms with Crippen LogP contribution in [0.3, 0.4) is 0 Å². The summed E-state index contributed by atoms with van der Waals surface area (Å²) in [5.74, 6) is 0. The van der Waals surface area contributed by atoms with Crippen LogP contribution >= 0.6 is 0 Å². The lowest BCUT2D eigenvalue weighted by Gasteiger charge is -2.42. The molecule has 0 spiro atoms. The minimum Gasteiger partial charge on any atom is -0.379 e. The van der Waals surface area contributed by atoms with E-state index in [-0.39, 0.29) is 5.54 Å². The molecule has 0 radical (unpaired) electrons. The van der Waals surface area contributed by atoms with Crippen molar-refractivity contribution < 1.29 is 4.74 Å². The molecule has 2 aliphatic rings. The molecule has 116 valence electrons. The summed E-state index contributed by atoms with van der Waals surface area (Å²) in [4.78, 5) is 2.56.